The van der Waals surface area contributed by atoms with Crippen molar-refractivity contribution in [3.8, 4) is 0 Å². The van der Waals surface area contributed by atoms with Gasteiger partial charge in [-0.05, 0) is 31.4 Å². The molecule has 0 aliphatic carbocycles. The Labute approximate surface area is 148 Å². The molecule has 1 N–H and O–H groups in total. The number of piperidine rings is 1. The van der Waals surface area contributed by atoms with Gasteiger partial charge in [0.2, 0.25) is 6.10 Å². The quantitative estimate of drug-likeness (QED) is 0.880. The maximum atomic E-state index is 12.6. The van der Waals surface area contributed by atoms with E-state index in [1.807, 2.05) is 18.2 Å². The molecule has 9 heteroatoms. The lowest BCUT2D eigenvalue weighted by Gasteiger charge is -2.38. The minimum Gasteiger partial charge on any atom is -0.434 e. The normalized spacial score (nSPS) is 23.8. The van der Waals surface area contributed by atoms with E-state index in [4.69, 9.17) is 9.84 Å². The van der Waals surface area contributed by atoms with Crippen LogP contribution in [-0.4, -0.2) is 65.3 Å². The molecule has 0 radical (unpaired) electrons. The fraction of sp³-hybridized carbons (Fsp3) is 0.647. The Hall–Kier alpha value is -1.87. The molecule has 2 atom stereocenters. The first kappa shape index (κ1) is 18.9. The summed E-state index contributed by atoms with van der Waals surface area (Å²) >= 11 is 0. The zero-order valence-electron chi connectivity index (χ0n) is 14.1. The number of hydrogen-bond donors (Lipinski definition) is 1. The minimum atomic E-state index is -4.79. The molecule has 26 heavy (non-hydrogen) atoms. The number of rotatable bonds is 3. The Morgan fingerprint density at radius 2 is 2.15 bits per heavy atom. The molecule has 2 aliphatic heterocycles. The summed E-state index contributed by atoms with van der Waals surface area (Å²) < 4.78 is 48.2. The largest absolute Gasteiger partial charge is 0.434 e. The molecule has 0 aromatic carbocycles. The number of ether oxygens (including phenoxy) is 2. The number of amides is 1. The molecule has 2 aliphatic rings. The number of alkyl halides is 3. The molecule has 1 aromatic heterocycles. The van der Waals surface area contributed by atoms with Gasteiger partial charge in [0.1, 0.15) is 0 Å². The van der Waals surface area contributed by atoms with Gasteiger partial charge in [-0.3, -0.25) is 4.98 Å². The van der Waals surface area contributed by atoms with Gasteiger partial charge in [0.25, 0.3) is 0 Å². The number of aromatic nitrogens is 1. The summed E-state index contributed by atoms with van der Waals surface area (Å²) in [7, 11) is 0. The first-order valence-electron chi connectivity index (χ1n) is 8.51. The second-order valence-corrected chi connectivity index (χ2v) is 6.73. The average Bonchev–Trinajstić information content (AvgIpc) is 3.03. The van der Waals surface area contributed by atoms with E-state index in [2.05, 4.69) is 9.72 Å². The van der Waals surface area contributed by atoms with Gasteiger partial charge in [-0.25, -0.2) is 4.79 Å². The van der Waals surface area contributed by atoms with Crippen molar-refractivity contribution in [1.29, 1.82) is 0 Å². The summed E-state index contributed by atoms with van der Waals surface area (Å²) in [6, 6.07) is 5.72. The average molecular weight is 374 g/mol. The lowest BCUT2D eigenvalue weighted by Crippen LogP contribution is -2.48. The van der Waals surface area contributed by atoms with E-state index in [1.165, 1.54) is 4.90 Å². The number of hydrogen-bond acceptors (Lipinski definition) is 5. The summed E-state index contributed by atoms with van der Waals surface area (Å²) in [4.78, 5) is 17.5. The first-order chi connectivity index (χ1) is 12.3. The highest BCUT2D eigenvalue weighted by molar-refractivity contribution is 5.68. The van der Waals surface area contributed by atoms with Gasteiger partial charge >= 0.3 is 12.3 Å². The van der Waals surface area contributed by atoms with Crippen molar-refractivity contribution in [2.75, 3.05) is 26.3 Å². The standard InChI is InChI=1S/C17H21F3N2O4/c18-17(19,20)14(10-23)26-15(24)22-7-4-16(5-8-22)9-12(11-25-16)13-3-1-2-6-21-13/h1-3,6,12,14,23H,4-5,7-11H2. The molecule has 144 valence electrons. The fourth-order valence-electron chi connectivity index (χ4n) is 3.50. The van der Waals surface area contributed by atoms with E-state index in [1.54, 1.807) is 6.20 Å². The maximum Gasteiger partial charge on any atom is 0.427 e. The molecule has 2 fully saturated rings. The van der Waals surface area contributed by atoms with Crippen LogP contribution >= 0.6 is 0 Å². The van der Waals surface area contributed by atoms with Crippen molar-refractivity contribution in [2.24, 2.45) is 0 Å². The summed E-state index contributed by atoms with van der Waals surface area (Å²) in [6.07, 6.45) is -4.78. The van der Waals surface area contributed by atoms with Crippen molar-refractivity contribution < 1.29 is 32.5 Å². The second kappa shape index (κ2) is 7.40. The van der Waals surface area contributed by atoms with Gasteiger partial charge in [0, 0.05) is 30.9 Å². The Balaban J connectivity index is 1.54. The van der Waals surface area contributed by atoms with Crippen molar-refractivity contribution in [3.63, 3.8) is 0 Å². The molecule has 0 bridgehead atoms. The third-order valence-corrected chi connectivity index (χ3v) is 5.02. The third kappa shape index (κ3) is 4.09. The lowest BCUT2D eigenvalue weighted by molar-refractivity contribution is -0.215. The molecule has 1 aromatic rings. The zero-order valence-corrected chi connectivity index (χ0v) is 14.1. The van der Waals surface area contributed by atoms with Gasteiger partial charge in [-0.2, -0.15) is 13.2 Å². The van der Waals surface area contributed by atoms with Crippen molar-refractivity contribution >= 4 is 6.09 Å². The molecule has 1 amide bonds. The molecule has 0 saturated carbocycles. The summed E-state index contributed by atoms with van der Waals surface area (Å²) in [5.74, 6) is 0.179. The second-order valence-electron chi connectivity index (χ2n) is 6.73. The van der Waals surface area contributed by atoms with Gasteiger partial charge in [0.15, 0.2) is 0 Å². The highest BCUT2D eigenvalue weighted by Crippen LogP contribution is 2.42. The van der Waals surface area contributed by atoms with E-state index in [0.29, 0.717) is 19.4 Å². The first-order valence-corrected chi connectivity index (χ1v) is 8.51. The molecule has 2 saturated heterocycles. The van der Waals surface area contributed by atoms with Crippen molar-refractivity contribution in [2.45, 2.75) is 43.1 Å². The molecule has 6 nitrogen and oxygen atoms in total. The van der Waals surface area contributed by atoms with Crippen molar-refractivity contribution in [3.05, 3.63) is 30.1 Å². The number of pyridine rings is 1. The summed E-state index contributed by atoms with van der Waals surface area (Å²) in [5.41, 5.74) is 0.585. The van der Waals surface area contributed by atoms with Gasteiger partial charge in [0.05, 0.1) is 18.8 Å². The number of likely N-dealkylation sites (tertiary alicyclic amines) is 1. The fourth-order valence-corrected chi connectivity index (χ4v) is 3.50. The Morgan fingerprint density at radius 1 is 1.42 bits per heavy atom. The zero-order chi connectivity index (χ0) is 18.8. The lowest BCUT2D eigenvalue weighted by atomic mass is 9.84. The SMILES string of the molecule is O=C(OC(CO)C(F)(F)F)N1CCC2(CC1)CC(c1ccccn1)CO2. The van der Waals surface area contributed by atoms with E-state index in [9.17, 15) is 18.0 Å². The predicted molar refractivity (Wildman–Crippen MR) is 84.5 cm³/mol. The number of carbonyl (C=O) groups excluding carboxylic acids is 1. The van der Waals surface area contributed by atoms with Crippen LogP contribution in [0.1, 0.15) is 30.9 Å². The Kier molecular flexibility index (Phi) is 5.38. The molecular formula is C17H21F3N2O4. The maximum absolute atomic E-state index is 12.6. The van der Waals surface area contributed by atoms with Gasteiger partial charge < -0.3 is 19.5 Å². The van der Waals surface area contributed by atoms with Crippen LogP contribution in [0, 0.1) is 0 Å². The molecule has 1 spiro atoms. The highest BCUT2D eigenvalue weighted by atomic mass is 19.4. The van der Waals surface area contributed by atoms with E-state index >= 15 is 0 Å². The van der Waals surface area contributed by atoms with Crippen LogP contribution in [0.3, 0.4) is 0 Å². The summed E-state index contributed by atoms with van der Waals surface area (Å²) in [5, 5.41) is 8.77. The monoisotopic (exact) mass is 374 g/mol. The number of carbonyl (C=O) groups is 1. The molecule has 3 rings (SSSR count). The van der Waals surface area contributed by atoms with Crippen LogP contribution in [0.25, 0.3) is 0 Å². The Morgan fingerprint density at radius 3 is 2.73 bits per heavy atom. The van der Waals surface area contributed by atoms with Crippen LogP contribution in [0.2, 0.25) is 0 Å². The van der Waals surface area contributed by atoms with Crippen LogP contribution in [0.5, 0.6) is 0 Å². The molecule has 2 unspecified atom stereocenters. The van der Waals surface area contributed by atoms with Crippen molar-refractivity contribution in [1.82, 2.24) is 9.88 Å². The third-order valence-electron chi connectivity index (χ3n) is 5.02. The molecule has 3 heterocycles. The minimum absolute atomic E-state index is 0.179. The van der Waals surface area contributed by atoms with Crippen LogP contribution in [-0.2, 0) is 9.47 Å². The van der Waals surface area contributed by atoms with E-state index in [0.717, 1.165) is 12.1 Å². The van der Waals surface area contributed by atoms with Crippen LogP contribution in [0.4, 0.5) is 18.0 Å². The number of aliphatic hydroxyl groups is 1. The topological polar surface area (TPSA) is 71.9 Å². The van der Waals surface area contributed by atoms with Gasteiger partial charge in [-0.15, -0.1) is 0 Å². The van der Waals surface area contributed by atoms with E-state index < -0.39 is 25.0 Å². The Bertz CT molecular complexity index is 618. The molecular weight excluding hydrogens is 353 g/mol. The van der Waals surface area contributed by atoms with E-state index in [-0.39, 0.29) is 24.6 Å². The number of halogens is 3. The van der Waals surface area contributed by atoms with Gasteiger partial charge in [-0.1, -0.05) is 6.07 Å². The highest BCUT2D eigenvalue weighted by Gasteiger charge is 2.46. The van der Waals surface area contributed by atoms with Crippen LogP contribution < -0.4 is 0 Å². The number of aliphatic hydroxyl groups excluding tert-OH is 1. The smallest absolute Gasteiger partial charge is 0.427 e. The predicted octanol–water partition coefficient (Wildman–Crippen LogP) is 2.48. The summed E-state index contributed by atoms with van der Waals surface area (Å²) in [6.45, 7) is -0.239. The van der Waals surface area contributed by atoms with Crippen LogP contribution in [0.15, 0.2) is 24.4 Å². The number of nitrogens with zero attached hydrogens (tertiary/aromatic N) is 2.